The number of nitrogens with zero attached hydrogens (tertiary/aromatic N) is 2. The third kappa shape index (κ3) is 4.51. The lowest BCUT2D eigenvalue weighted by atomic mass is 9.97. The van der Waals surface area contributed by atoms with E-state index in [0.717, 1.165) is 53.2 Å². The van der Waals surface area contributed by atoms with Crippen LogP contribution in [0.3, 0.4) is 0 Å². The van der Waals surface area contributed by atoms with Crippen LogP contribution in [0.2, 0.25) is 0 Å². The summed E-state index contributed by atoms with van der Waals surface area (Å²) in [6.45, 7) is 2.90. The predicted octanol–water partition coefficient (Wildman–Crippen LogP) is 6.32. The van der Waals surface area contributed by atoms with Crippen molar-refractivity contribution in [3.05, 3.63) is 131 Å². The molecular formula is C32H27N3O. The van der Waals surface area contributed by atoms with Crippen LogP contribution < -0.4 is 5.43 Å². The van der Waals surface area contributed by atoms with Crippen molar-refractivity contribution < 1.29 is 4.79 Å². The molecule has 1 aliphatic heterocycles. The molecule has 0 fully saturated rings. The Balaban J connectivity index is 1.14. The molecule has 0 saturated carbocycles. The van der Waals surface area contributed by atoms with Gasteiger partial charge in [0.1, 0.15) is 0 Å². The largest absolute Gasteiger partial charge is 0.294 e. The molecule has 0 aromatic heterocycles. The van der Waals surface area contributed by atoms with E-state index >= 15 is 0 Å². The zero-order valence-corrected chi connectivity index (χ0v) is 20.0. The minimum Gasteiger partial charge on any atom is -0.294 e. The number of amides is 1. The molecule has 0 atom stereocenters. The summed E-state index contributed by atoms with van der Waals surface area (Å²) >= 11 is 0. The monoisotopic (exact) mass is 469 g/mol. The molecular weight excluding hydrogens is 442 g/mol. The smallest absolute Gasteiger partial charge is 0.271 e. The van der Waals surface area contributed by atoms with E-state index in [0.29, 0.717) is 5.56 Å². The minimum atomic E-state index is -0.214. The van der Waals surface area contributed by atoms with Crippen LogP contribution in [-0.2, 0) is 19.5 Å². The highest BCUT2D eigenvalue weighted by Gasteiger charge is 2.16. The molecule has 1 amide bonds. The molecule has 176 valence electrons. The third-order valence-electron chi connectivity index (χ3n) is 7.00. The molecule has 0 aliphatic carbocycles. The van der Waals surface area contributed by atoms with Crippen molar-refractivity contribution in [3.63, 3.8) is 0 Å². The van der Waals surface area contributed by atoms with E-state index in [9.17, 15) is 4.79 Å². The molecule has 4 nitrogen and oxygen atoms in total. The van der Waals surface area contributed by atoms with Gasteiger partial charge in [0.25, 0.3) is 5.91 Å². The molecule has 5 aromatic rings. The van der Waals surface area contributed by atoms with Crippen LogP contribution in [0.5, 0.6) is 0 Å². The van der Waals surface area contributed by atoms with Gasteiger partial charge in [0, 0.05) is 30.8 Å². The van der Waals surface area contributed by atoms with E-state index in [2.05, 4.69) is 70.0 Å². The normalized spacial score (nSPS) is 13.8. The number of benzene rings is 5. The quantitative estimate of drug-likeness (QED) is 0.186. The van der Waals surface area contributed by atoms with Gasteiger partial charge in [-0.1, -0.05) is 84.9 Å². The van der Waals surface area contributed by atoms with E-state index < -0.39 is 0 Å². The average molecular weight is 470 g/mol. The van der Waals surface area contributed by atoms with Gasteiger partial charge in [-0.3, -0.25) is 9.69 Å². The Morgan fingerprint density at radius 1 is 0.806 bits per heavy atom. The molecule has 0 radical (unpaired) electrons. The second-order valence-electron chi connectivity index (χ2n) is 9.36. The lowest BCUT2D eigenvalue weighted by molar-refractivity contribution is 0.0955. The summed E-state index contributed by atoms with van der Waals surface area (Å²) in [5.41, 5.74) is 8.39. The molecule has 1 heterocycles. The first-order valence-electron chi connectivity index (χ1n) is 12.4. The Labute approximate surface area is 210 Å². The number of rotatable bonds is 5. The summed E-state index contributed by atoms with van der Waals surface area (Å²) in [4.78, 5) is 15.2. The lowest BCUT2D eigenvalue weighted by Gasteiger charge is -2.28. The van der Waals surface area contributed by atoms with Gasteiger partial charge in [0.2, 0.25) is 0 Å². The highest BCUT2D eigenvalue weighted by Crippen LogP contribution is 2.27. The predicted molar refractivity (Wildman–Crippen MR) is 147 cm³/mol. The van der Waals surface area contributed by atoms with Gasteiger partial charge in [-0.05, 0) is 62.9 Å². The molecule has 4 heteroatoms. The van der Waals surface area contributed by atoms with E-state index in [-0.39, 0.29) is 5.91 Å². The molecule has 1 N–H and O–H groups in total. The molecule has 0 spiro atoms. The second kappa shape index (κ2) is 9.76. The van der Waals surface area contributed by atoms with Crippen molar-refractivity contribution in [2.45, 2.75) is 19.5 Å². The zero-order chi connectivity index (χ0) is 24.3. The fourth-order valence-electron chi connectivity index (χ4n) is 5.12. The number of hydrogen-bond donors (Lipinski definition) is 1. The molecule has 36 heavy (non-hydrogen) atoms. The summed E-state index contributed by atoms with van der Waals surface area (Å²) in [6.07, 6.45) is 2.84. The standard InChI is InChI=1S/C32H27N3O/c36-32(25-15-13-23(14-16-25)21-35-18-17-24-7-1-2-10-28(24)22-35)34-33-20-31-29-11-5-3-8-26(29)19-27-9-4-6-12-30(27)31/h1-16,19-20H,17-18,21-22H2,(H,34,36). The van der Waals surface area contributed by atoms with Crippen LogP contribution in [0.4, 0.5) is 0 Å². The average Bonchev–Trinajstić information content (AvgIpc) is 2.93. The second-order valence-corrected chi connectivity index (χ2v) is 9.36. The summed E-state index contributed by atoms with van der Waals surface area (Å²) in [5, 5.41) is 8.84. The van der Waals surface area contributed by atoms with Gasteiger partial charge in [-0.15, -0.1) is 0 Å². The Bertz CT molecular complexity index is 1530. The Morgan fingerprint density at radius 2 is 1.44 bits per heavy atom. The van der Waals surface area contributed by atoms with Crippen LogP contribution >= 0.6 is 0 Å². The van der Waals surface area contributed by atoms with Gasteiger partial charge in [0.05, 0.1) is 6.21 Å². The lowest BCUT2D eigenvalue weighted by Crippen LogP contribution is -2.30. The van der Waals surface area contributed by atoms with E-state index in [1.54, 1.807) is 6.21 Å². The molecule has 0 saturated heterocycles. The van der Waals surface area contributed by atoms with Crippen LogP contribution in [0, 0.1) is 0 Å². The fraction of sp³-hybridized carbons (Fsp3) is 0.125. The number of carbonyl (C=O) groups is 1. The van der Waals surface area contributed by atoms with E-state index in [1.807, 2.05) is 48.5 Å². The molecule has 5 aromatic carbocycles. The van der Waals surface area contributed by atoms with Gasteiger partial charge in [-0.25, -0.2) is 5.43 Å². The van der Waals surface area contributed by atoms with Crippen LogP contribution in [0.1, 0.15) is 32.6 Å². The Hall–Kier alpha value is -4.28. The third-order valence-corrected chi connectivity index (χ3v) is 7.00. The zero-order valence-electron chi connectivity index (χ0n) is 20.0. The van der Waals surface area contributed by atoms with Crippen molar-refractivity contribution in [2.75, 3.05) is 6.54 Å². The maximum absolute atomic E-state index is 12.8. The number of carbonyl (C=O) groups excluding carboxylic acids is 1. The highest BCUT2D eigenvalue weighted by molar-refractivity contribution is 6.13. The fourth-order valence-corrected chi connectivity index (χ4v) is 5.12. The maximum Gasteiger partial charge on any atom is 0.271 e. The Kier molecular flexibility index (Phi) is 6.02. The molecule has 6 rings (SSSR count). The SMILES string of the molecule is O=C(NN=Cc1c2ccccc2cc2ccccc12)c1ccc(CN2CCc3ccccc3C2)cc1. The Morgan fingerprint density at radius 3 is 2.17 bits per heavy atom. The van der Waals surface area contributed by atoms with Crippen molar-refractivity contribution in [1.29, 1.82) is 0 Å². The van der Waals surface area contributed by atoms with E-state index in [4.69, 9.17) is 0 Å². The van der Waals surface area contributed by atoms with Crippen molar-refractivity contribution in [1.82, 2.24) is 10.3 Å². The number of hydrogen-bond acceptors (Lipinski definition) is 3. The highest BCUT2D eigenvalue weighted by atomic mass is 16.2. The maximum atomic E-state index is 12.8. The molecule has 0 bridgehead atoms. The molecule has 0 unspecified atom stereocenters. The first-order chi connectivity index (χ1) is 17.7. The van der Waals surface area contributed by atoms with Crippen LogP contribution in [-0.4, -0.2) is 23.6 Å². The first-order valence-corrected chi connectivity index (χ1v) is 12.4. The van der Waals surface area contributed by atoms with Crippen molar-refractivity contribution in [2.24, 2.45) is 5.10 Å². The number of fused-ring (bicyclic) bond motifs is 3. The van der Waals surface area contributed by atoms with Crippen molar-refractivity contribution in [3.8, 4) is 0 Å². The van der Waals surface area contributed by atoms with Gasteiger partial charge in [0.15, 0.2) is 0 Å². The summed E-state index contributed by atoms with van der Waals surface area (Å²) in [6, 6.07) is 35.2. The first kappa shape index (κ1) is 22.2. The van der Waals surface area contributed by atoms with Crippen molar-refractivity contribution >= 4 is 33.7 Å². The number of nitrogens with one attached hydrogen (secondary N) is 1. The molecule has 1 aliphatic rings. The number of hydrazone groups is 1. The van der Waals surface area contributed by atoms with E-state index in [1.165, 1.54) is 16.7 Å². The summed E-state index contributed by atoms with van der Waals surface area (Å²) in [5.74, 6) is -0.214. The van der Waals surface area contributed by atoms with Gasteiger partial charge in [-0.2, -0.15) is 5.10 Å². The summed E-state index contributed by atoms with van der Waals surface area (Å²) in [7, 11) is 0. The summed E-state index contributed by atoms with van der Waals surface area (Å²) < 4.78 is 0. The minimum absolute atomic E-state index is 0.214. The topological polar surface area (TPSA) is 44.7 Å². The van der Waals surface area contributed by atoms with Crippen LogP contribution in [0.15, 0.2) is 108 Å². The van der Waals surface area contributed by atoms with Gasteiger partial charge >= 0.3 is 0 Å². The van der Waals surface area contributed by atoms with Crippen LogP contribution in [0.25, 0.3) is 21.5 Å². The van der Waals surface area contributed by atoms with Gasteiger partial charge < -0.3 is 0 Å².